The molecular weight excluding hydrogens is 235 g/mol. The van der Waals surface area contributed by atoms with Crippen LogP contribution in [0.2, 0.25) is 0 Å². The lowest BCUT2D eigenvalue weighted by molar-refractivity contribution is -0.131. The van der Waals surface area contributed by atoms with Crippen LogP contribution in [0.1, 0.15) is 32.3 Å². The molecule has 0 saturated heterocycles. The zero-order chi connectivity index (χ0) is 13.5. The Hall–Kier alpha value is -1.84. The highest BCUT2D eigenvalue weighted by atomic mass is 19.1. The highest BCUT2D eigenvalue weighted by Crippen LogP contribution is 2.21. The van der Waals surface area contributed by atoms with Gasteiger partial charge in [0, 0.05) is 6.08 Å². The van der Waals surface area contributed by atoms with Gasteiger partial charge < -0.3 is 9.84 Å². The Kier molecular flexibility index (Phi) is 5.36. The third-order valence-electron chi connectivity index (χ3n) is 2.58. The summed E-state index contributed by atoms with van der Waals surface area (Å²) in [5, 5.41) is 8.48. The number of halogens is 1. The second-order valence-electron chi connectivity index (χ2n) is 3.92. The molecule has 0 spiro atoms. The van der Waals surface area contributed by atoms with Gasteiger partial charge in [-0.25, -0.2) is 9.18 Å². The fourth-order valence-corrected chi connectivity index (χ4v) is 1.52. The summed E-state index contributed by atoms with van der Waals surface area (Å²) >= 11 is 0. The maximum absolute atomic E-state index is 13.7. The number of rotatable bonds is 6. The van der Waals surface area contributed by atoms with Gasteiger partial charge >= 0.3 is 5.97 Å². The Morgan fingerprint density at radius 2 is 2.11 bits per heavy atom. The van der Waals surface area contributed by atoms with Gasteiger partial charge in [-0.3, -0.25) is 0 Å². The third kappa shape index (κ3) is 4.20. The van der Waals surface area contributed by atoms with Gasteiger partial charge in [0.25, 0.3) is 0 Å². The van der Waals surface area contributed by atoms with Crippen LogP contribution in [0.25, 0.3) is 6.08 Å². The van der Waals surface area contributed by atoms with Crippen molar-refractivity contribution in [1.82, 2.24) is 0 Å². The van der Waals surface area contributed by atoms with Crippen LogP contribution in [0.3, 0.4) is 0 Å². The van der Waals surface area contributed by atoms with Gasteiger partial charge in [0.1, 0.15) is 0 Å². The number of aliphatic carboxylic acids is 1. The van der Waals surface area contributed by atoms with Crippen LogP contribution < -0.4 is 4.74 Å². The van der Waals surface area contributed by atoms with E-state index in [9.17, 15) is 9.18 Å². The van der Waals surface area contributed by atoms with Crippen LogP contribution in [0.4, 0.5) is 4.39 Å². The van der Waals surface area contributed by atoms with Gasteiger partial charge in [0.15, 0.2) is 11.6 Å². The molecular formula is C14H17FO3. The van der Waals surface area contributed by atoms with Crippen molar-refractivity contribution in [2.45, 2.75) is 32.8 Å². The molecule has 0 fully saturated rings. The minimum absolute atomic E-state index is 0.0000818. The minimum Gasteiger partial charge on any atom is -0.487 e. The van der Waals surface area contributed by atoms with Crippen LogP contribution in [-0.2, 0) is 4.79 Å². The molecule has 4 heteroatoms. The van der Waals surface area contributed by atoms with Crippen molar-refractivity contribution in [3.63, 3.8) is 0 Å². The Morgan fingerprint density at radius 3 is 2.61 bits per heavy atom. The van der Waals surface area contributed by atoms with Crippen LogP contribution in [0.5, 0.6) is 5.75 Å². The standard InChI is InChI=1S/C14H17FO3/c1-3-11(4-2)18-13-7-5-10(9-12(13)15)6-8-14(16)17/h5-9,11H,3-4H2,1-2H3,(H,16,17)/b8-6+. The molecule has 1 aromatic carbocycles. The predicted octanol–water partition coefficient (Wildman–Crippen LogP) is 3.49. The molecule has 0 saturated carbocycles. The van der Waals surface area contributed by atoms with E-state index in [1.807, 2.05) is 13.8 Å². The molecule has 18 heavy (non-hydrogen) atoms. The summed E-state index contributed by atoms with van der Waals surface area (Å²) in [6.45, 7) is 3.96. The lowest BCUT2D eigenvalue weighted by Crippen LogP contribution is -2.14. The zero-order valence-corrected chi connectivity index (χ0v) is 10.5. The number of carbonyl (C=O) groups is 1. The Balaban J connectivity index is 2.82. The van der Waals surface area contributed by atoms with Crippen LogP contribution in [0, 0.1) is 5.82 Å². The van der Waals surface area contributed by atoms with E-state index in [1.165, 1.54) is 18.2 Å². The maximum atomic E-state index is 13.7. The quantitative estimate of drug-likeness (QED) is 0.788. The lowest BCUT2D eigenvalue weighted by Gasteiger charge is -2.16. The number of ether oxygens (including phenoxy) is 1. The van der Waals surface area contributed by atoms with Crippen molar-refractivity contribution in [2.24, 2.45) is 0 Å². The fraction of sp³-hybridized carbons (Fsp3) is 0.357. The van der Waals surface area contributed by atoms with Crippen molar-refractivity contribution >= 4 is 12.0 Å². The molecule has 98 valence electrons. The normalized spacial score (nSPS) is 11.1. The van der Waals surface area contributed by atoms with Crippen molar-refractivity contribution in [3.05, 3.63) is 35.7 Å². The van der Waals surface area contributed by atoms with Crippen LogP contribution in [-0.4, -0.2) is 17.2 Å². The van der Waals surface area contributed by atoms with Crippen molar-refractivity contribution < 1.29 is 19.0 Å². The van der Waals surface area contributed by atoms with Gasteiger partial charge in [-0.15, -0.1) is 0 Å². The molecule has 1 N–H and O–H groups in total. The molecule has 0 radical (unpaired) electrons. The van der Waals surface area contributed by atoms with Gasteiger partial charge in [-0.05, 0) is 36.6 Å². The topological polar surface area (TPSA) is 46.5 Å². The van der Waals surface area contributed by atoms with E-state index in [0.29, 0.717) is 5.56 Å². The Bertz CT molecular complexity index is 437. The Morgan fingerprint density at radius 1 is 1.44 bits per heavy atom. The van der Waals surface area contributed by atoms with E-state index in [2.05, 4.69) is 0 Å². The number of hydrogen-bond acceptors (Lipinski definition) is 2. The second-order valence-corrected chi connectivity index (χ2v) is 3.92. The molecule has 0 atom stereocenters. The van der Waals surface area contributed by atoms with Gasteiger partial charge in [0.05, 0.1) is 6.10 Å². The van der Waals surface area contributed by atoms with E-state index in [-0.39, 0.29) is 11.9 Å². The Labute approximate surface area is 106 Å². The average Bonchev–Trinajstić information content (AvgIpc) is 2.35. The summed E-state index contributed by atoms with van der Waals surface area (Å²) in [6, 6.07) is 4.41. The molecule has 0 aliphatic carbocycles. The predicted molar refractivity (Wildman–Crippen MR) is 68.1 cm³/mol. The SMILES string of the molecule is CCC(CC)Oc1ccc(/C=C/C(=O)O)cc1F. The smallest absolute Gasteiger partial charge is 0.328 e. The van der Waals surface area contributed by atoms with E-state index in [1.54, 1.807) is 6.07 Å². The third-order valence-corrected chi connectivity index (χ3v) is 2.58. The first-order valence-corrected chi connectivity index (χ1v) is 5.94. The zero-order valence-electron chi connectivity index (χ0n) is 10.5. The highest BCUT2D eigenvalue weighted by molar-refractivity contribution is 5.85. The summed E-state index contributed by atoms with van der Waals surface area (Å²) in [5.74, 6) is -1.33. The molecule has 0 amide bonds. The maximum Gasteiger partial charge on any atom is 0.328 e. The summed E-state index contributed by atoms with van der Waals surface area (Å²) in [7, 11) is 0. The minimum atomic E-state index is -1.06. The molecule has 1 aromatic rings. The van der Waals surface area contributed by atoms with E-state index in [0.717, 1.165) is 18.9 Å². The highest BCUT2D eigenvalue weighted by Gasteiger charge is 2.09. The molecule has 0 unspecified atom stereocenters. The summed E-state index contributed by atoms with van der Waals surface area (Å²) in [6.07, 6.45) is 3.94. The molecule has 0 aliphatic rings. The molecule has 0 heterocycles. The molecule has 0 aromatic heterocycles. The molecule has 0 aliphatic heterocycles. The summed E-state index contributed by atoms with van der Waals surface area (Å²) < 4.78 is 19.2. The number of hydrogen-bond donors (Lipinski definition) is 1. The lowest BCUT2D eigenvalue weighted by atomic mass is 10.2. The molecule has 0 bridgehead atoms. The van der Waals surface area contributed by atoms with Crippen molar-refractivity contribution in [3.8, 4) is 5.75 Å². The first-order chi connectivity index (χ1) is 8.56. The molecule has 1 rings (SSSR count). The van der Waals surface area contributed by atoms with Crippen LogP contribution >= 0.6 is 0 Å². The monoisotopic (exact) mass is 252 g/mol. The van der Waals surface area contributed by atoms with E-state index in [4.69, 9.17) is 9.84 Å². The number of carboxylic acid groups (broad SMARTS) is 1. The van der Waals surface area contributed by atoms with Gasteiger partial charge in [-0.1, -0.05) is 19.9 Å². The van der Waals surface area contributed by atoms with E-state index >= 15 is 0 Å². The first-order valence-electron chi connectivity index (χ1n) is 5.94. The number of benzene rings is 1. The fourth-order valence-electron chi connectivity index (χ4n) is 1.52. The van der Waals surface area contributed by atoms with E-state index < -0.39 is 11.8 Å². The van der Waals surface area contributed by atoms with Crippen molar-refractivity contribution in [2.75, 3.05) is 0 Å². The summed E-state index contributed by atoms with van der Waals surface area (Å²) in [5.41, 5.74) is 0.492. The first kappa shape index (κ1) is 14.2. The second kappa shape index (κ2) is 6.79. The largest absolute Gasteiger partial charge is 0.487 e. The average molecular weight is 252 g/mol. The van der Waals surface area contributed by atoms with Gasteiger partial charge in [-0.2, -0.15) is 0 Å². The van der Waals surface area contributed by atoms with Crippen LogP contribution in [0.15, 0.2) is 24.3 Å². The van der Waals surface area contributed by atoms with Crippen molar-refractivity contribution in [1.29, 1.82) is 0 Å². The van der Waals surface area contributed by atoms with Gasteiger partial charge in [0.2, 0.25) is 0 Å². The number of carboxylic acids is 1. The summed E-state index contributed by atoms with van der Waals surface area (Å²) in [4.78, 5) is 10.3. The molecule has 3 nitrogen and oxygen atoms in total.